The van der Waals surface area contributed by atoms with E-state index in [1.165, 1.54) is 38.5 Å². The van der Waals surface area contributed by atoms with Crippen LogP contribution in [-0.4, -0.2) is 17.7 Å². The van der Waals surface area contributed by atoms with E-state index in [1.807, 2.05) is 0 Å². The van der Waals surface area contributed by atoms with Crippen molar-refractivity contribution in [3.05, 3.63) is 22.2 Å². The third-order valence-corrected chi connectivity index (χ3v) is 4.78. The summed E-state index contributed by atoms with van der Waals surface area (Å²) in [6.07, 6.45) is 10.5. The second kappa shape index (κ2) is 5.95. The summed E-state index contributed by atoms with van der Waals surface area (Å²) in [7, 11) is 0. The number of piperidine rings is 1. The van der Waals surface area contributed by atoms with Gasteiger partial charge in [0.1, 0.15) is 5.76 Å². The first-order valence-electron chi connectivity index (χ1n) is 7.73. The van der Waals surface area contributed by atoms with E-state index >= 15 is 0 Å². The summed E-state index contributed by atoms with van der Waals surface area (Å²) in [4.78, 5) is 11.2. The van der Waals surface area contributed by atoms with E-state index in [2.05, 4.69) is 10.5 Å². The zero-order chi connectivity index (χ0) is 13.1. The van der Waals surface area contributed by atoms with E-state index in [4.69, 9.17) is 4.52 Å². The fourth-order valence-corrected chi connectivity index (χ4v) is 3.77. The molecule has 0 aromatic carbocycles. The Kier molecular flexibility index (Phi) is 4.06. The number of aromatic amines is 1. The molecule has 4 heteroatoms. The molecule has 0 spiro atoms. The maximum Gasteiger partial charge on any atom is 0.280 e. The fourth-order valence-electron chi connectivity index (χ4n) is 3.77. The van der Waals surface area contributed by atoms with Crippen molar-refractivity contribution >= 4 is 0 Å². The topological polar surface area (TPSA) is 58.0 Å². The van der Waals surface area contributed by atoms with Gasteiger partial charge in [0.15, 0.2) is 0 Å². The molecule has 1 aliphatic heterocycles. The van der Waals surface area contributed by atoms with Crippen molar-refractivity contribution in [2.24, 2.45) is 5.92 Å². The second-order valence-electron chi connectivity index (χ2n) is 6.23. The minimum atomic E-state index is -0.114. The van der Waals surface area contributed by atoms with Crippen molar-refractivity contribution < 1.29 is 4.52 Å². The summed E-state index contributed by atoms with van der Waals surface area (Å²) >= 11 is 0. The molecule has 1 aromatic heterocycles. The molecule has 1 saturated heterocycles. The van der Waals surface area contributed by atoms with Gasteiger partial charge >= 0.3 is 0 Å². The third kappa shape index (κ3) is 3.30. The smallest absolute Gasteiger partial charge is 0.280 e. The predicted molar refractivity (Wildman–Crippen MR) is 74.3 cm³/mol. The second-order valence-corrected chi connectivity index (χ2v) is 6.23. The maximum absolute atomic E-state index is 11.2. The highest BCUT2D eigenvalue weighted by Gasteiger charge is 2.27. The van der Waals surface area contributed by atoms with Crippen LogP contribution in [0.3, 0.4) is 0 Å². The van der Waals surface area contributed by atoms with Crippen LogP contribution in [0.4, 0.5) is 0 Å². The average Bonchev–Trinajstić information content (AvgIpc) is 2.87. The fraction of sp³-hybridized carbons (Fsp3) is 0.800. The molecule has 0 amide bonds. The van der Waals surface area contributed by atoms with E-state index < -0.39 is 0 Å². The molecule has 0 bridgehead atoms. The Labute approximate surface area is 113 Å². The molecule has 1 saturated carbocycles. The molecule has 2 fully saturated rings. The van der Waals surface area contributed by atoms with Gasteiger partial charge in [0.25, 0.3) is 5.56 Å². The molecule has 2 aliphatic rings. The van der Waals surface area contributed by atoms with Crippen LogP contribution < -0.4 is 10.9 Å². The summed E-state index contributed by atoms with van der Waals surface area (Å²) in [6, 6.07) is 2.22. The normalized spacial score (nSPS) is 29.5. The first-order chi connectivity index (χ1) is 9.31. The van der Waals surface area contributed by atoms with Gasteiger partial charge in [-0.2, -0.15) is 5.16 Å². The van der Waals surface area contributed by atoms with Crippen LogP contribution in [-0.2, 0) is 0 Å². The van der Waals surface area contributed by atoms with Crippen LogP contribution in [0.25, 0.3) is 0 Å². The predicted octanol–water partition coefficient (Wildman–Crippen LogP) is 2.77. The molecule has 19 heavy (non-hydrogen) atoms. The molecule has 0 unspecified atom stereocenters. The molecule has 2 N–H and O–H groups in total. The van der Waals surface area contributed by atoms with Gasteiger partial charge in [0.05, 0.1) is 0 Å². The van der Waals surface area contributed by atoms with Crippen molar-refractivity contribution in [1.29, 1.82) is 0 Å². The molecule has 2 atom stereocenters. The molecule has 1 aromatic rings. The van der Waals surface area contributed by atoms with Gasteiger partial charge < -0.3 is 9.84 Å². The Balaban J connectivity index is 1.56. The van der Waals surface area contributed by atoms with Gasteiger partial charge in [-0.05, 0) is 31.7 Å². The standard InChI is InChI=1S/C15H24N2O2/c18-15-10-14(19-17-15)12-6-7-16-13(9-12)8-11-4-2-1-3-5-11/h10-13,16H,1-9H2,(H,17,18)/t12-,13+/m0/s1. The van der Waals surface area contributed by atoms with Gasteiger partial charge in [-0.25, -0.2) is 0 Å². The van der Waals surface area contributed by atoms with Crippen molar-refractivity contribution in [2.45, 2.75) is 63.3 Å². The van der Waals surface area contributed by atoms with E-state index in [-0.39, 0.29) is 5.56 Å². The average molecular weight is 264 g/mol. The van der Waals surface area contributed by atoms with Crippen LogP contribution in [0.1, 0.15) is 63.0 Å². The monoisotopic (exact) mass is 264 g/mol. The molecule has 0 radical (unpaired) electrons. The van der Waals surface area contributed by atoms with Gasteiger partial charge in [0.2, 0.25) is 0 Å². The summed E-state index contributed by atoms with van der Waals surface area (Å²) in [5.41, 5.74) is -0.114. The van der Waals surface area contributed by atoms with Crippen molar-refractivity contribution in [3.8, 4) is 0 Å². The molecule has 3 rings (SSSR count). The number of aromatic nitrogens is 1. The lowest BCUT2D eigenvalue weighted by atomic mass is 9.80. The maximum atomic E-state index is 11.2. The molecule has 2 heterocycles. The van der Waals surface area contributed by atoms with E-state index in [0.717, 1.165) is 31.1 Å². The van der Waals surface area contributed by atoms with Gasteiger partial charge in [-0.1, -0.05) is 32.1 Å². The SMILES string of the molecule is O=c1cc([C@H]2CCN[C@H](CC3CCCCC3)C2)o[nH]1. The Bertz CT molecular complexity index is 445. The Morgan fingerprint density at radius 2 is 2.05 bits per heavy atom. The van der Waals surface area contributed by atoms with E-state index in [1.54, 1.807) is 6.07 Å². The van der Waals surface area contributed by atoms with Crippen LogP contribution in [0.5, 0.6) is 0 Å². The highest BCUT2D eigenvalue weighted by molar-refractivity contribution is 5.05. The van der Waals surface area contributed by atoms with Crippen LogP contribution >= 0.6 is 0 Å². The van der Waals surface area contributed by atoms with Gasteiger partial charge in [-0.3, -0.25) is 4.79 Å². The summed E-state index contributed by atoms with van der Waals surface area (Å²) in [5.74, 6) is 2.16. The molecule has 1 aliphatic carbocycles. The van der Waals surface area contributed by atoms with Crippen molar-refractivity contribution in [2.75, 3.05) is 6.54 Å². The summed E-state index contributed by atoms with van der Waals surface area (Å²) in [6.45, 7) is 1.04. The highest BCUT2D eigenvalue weighted by atomic mass is 16.5. The van der Waals surface area contributed by atoms with Crippen molar-refractivity contribution in [3.63, 3.8) is 0 Å². The highest BCUT2D eigenvalue weighted by Crippen LogP contribution is 2.33. The molecule has 4 nitrogen and oxygen atoms in total. The van der Waals surface area contributed by atoms with Gasteiger partial charge in [-0.15, -0.1) is 0 Å². The molecular weight excluding hydrogens is 240 g/mol. The van der Waals surface area contributed by atoms with E-state index in [0.29, 0.717) is 12.0 Å². The lowest BCUT2D eigenvalue weighted by Gasteiger charge is -2.32. The minimum Gasteiger partial charge on any atom is -0.383 e. The lowest BCUT2D eigenvalue weighted by molar-refractivity contribution is 0.242. The van der Waals surface area contributed by atoms with Gasteiger partial charge in [0, 0.05) is 18.0 Å². The number of nitrogens with one attached hydrogen (secondary N) is 2. The Morgan fingerprint density at radius 3 is 2.79 bits per heavy atom. The first kappa shape index (κ1) is 13.0. The number of rotatable bonds is 3. The Hall–Kier alpha value is -1.03. The lowest BCUT2D eigenvalue weighted by Crippen LogP contribution is -2.38. The molecule has 106 valence electrons. The zero-order valence-corrected chi connectivity index (χ0v) is 11.5. The largest absolute Gasteiger partial charge is 0.383 e. The first-order valence-corrected chi connectivity index (χ1v) is 7.73. The number of H-pyrrole nitrogens is 1. The quantitative estimate of drug-likeness (QED) is 0.882. The minimum absolute atomic E-state index is 0.114. The third-order valence-electron chi connectivity index (χ3n) is 4.78. The molecular formula is C15H24N2O2. The van der Waals surface area contributed by atoms with Crippen LogP contribution in [0, 0.1) is 5.92 Å². The Morgan fingerprint density at radius 1 is 1.21 bits per heavy atom. The number of hydrogen-bond acceptors (Lipinski definition) is 3. The van der Waals surface area contributed by atoms with E-state index in [9.17, 15) is 4.79 Å². The number of hydrogen-bond donors (Lipinski definition) is 2. The van der Waals surface area contributed by atoms with Crippen LogP contribution in [0.2, 0.25) is 0 Å². The summed E-state index contributed by atoms with van der Waals surface area (Å²) < 4.78 is 5.28. The van der Waals surface area contributed by atoms with Crippen LogP contribution in [0.15, 0.2) is 15.4 Å². The zero-order valence-electron chi connectivity index (χ0n) is 11.5. The van der Waals surface area contributed by atoms with Crippen molar-refractivity contribution in [1.82, 2.24) is 10.5 Å². The summed E-state index contributed by atoms with van der Waals surface area (Å²) in [5, 5.41) is 6.05.